The van der Waals surface area contributed by atoms with Crippen molar-refractivity contribution >= 4 is 5.91 Å². The van der Waals surface area contributed by atoms with E-state index in [0.717, 1.165) is 18.4 Å². The first-order valence-corrected chi connectivity index (χ1v) is 8.72. The van der Waals surface area contributed by atoms with Gasteiger partial charge in [-0.25, -0.2) is 0 Å². The predicted molar refractivity (Wildman–Crippen MR) is 96.5 cm³/mol. The summed E-state index contributed by atoms with van der Waals surface area (Å²) < 4.78 is 1.45. The van der Waals surface area contributed by atoms with Gasteiger partial charge < -0.3 is 14.6 Å². The quantitative estimate of drug-likeness (QED) is 0.924. The lowest BCUT2D eigenvalue weighted by molar-refractivity contribution is 0.0467. The molecule has 3 rings (SSSR count). The van der Waals surface area contributed by atoms with E-state index in [4.69, 9.17) is 0 Å². The molecule has 2 aromatic rings. The van der Waals surface area contributed by atoms with Gasteiger partial charge in [0.15, 0.2) is 0 Å². The summed E-state index contributed by atoms with van der Waals surface area (Å²) in [5.41, 5.74) is 1.39. The second-order valence-electron chi connectivity index (χ2n) is 6.75. The van der Waals surface area contributed by atoms with Crippen molar-refractivity contribution in [3.05, 3.63) is 70.1 Å². The molecule has 1 aromatic heterocycles. The molecule has 2 heterocycles. The van der Waals surface area contributed by atoms with Gasteiger partial charge in [0.25, 0.3) is 11.5 Å². The Kier molecular flexibility index (Phi) is 5.34. The molecule has 1 aliphatic rings. The predicted octanol–water partition coefficient (Wildman–Crippen LogP) is 1.84. The maximum absolute atomic E-state index is 12.5. The largest absolute Gasteiger partial charge is 0.392 e. The molecule has 1 aromatic carbocycles. The second kappa shape index (κ2) is 7.66. The average Bonchev–Trinajstić information content (AvgIpc) is 2.64. The van der Waals surface area contributed by atoms with Crippen molar-refractivity contribution in [2.45, 2.75) is 25.4 Å². The van der Waals surface area contributed by atoms with Crippen LogP contribution in [0.5, 0.6) is 0 Å². The van der Waals surface area contributed by atoms with E-state index in [-0.39, 0.29) is 23.5 Å². The molecule has 0 radical (unpaired) electrons. The van der Waals surface area contributed by atoms with E-state index in [1.807, 2.05) is 30.3 Å². The zero-order valence-electron chi connectivity index (χ0n) is 14.5. The van der Waals surface area contributed by atoms with Crippen LogP contribution in [-0.2, 0) is 13.5 Å². The first-order valence-electron chi connectivity index (χ1n) is 8.72. The molecule has 1 aliphatic heterocycles. The van der Waals surface area contributed by atoms with Crippen LogP contribution >= 0.6 is 0 Å². The number of aromatic nitrogens is 1. The lowest BCUT2D eigenvalue weighted by atomic mass is 9.88. The summed E-state index contributed by atoms with van der Waals surface area (Å²) in [7, 11) is 1.66. The van der Waals surface area contributed by atoms with E-state index >= 15 is 0 Å². The summed E-state index contributed by atoms with van der Waals surface area (Å²) in [5, 5.41) is 10.5. The van der Waals surface area contributed by atoms with Crippen LogP contribution in [0.25, 0.3) is 0 Å². The normalized spacial score (nSPS) is 16.6. The zero-order valence-corrected chi connectivity index (χ0v) is 14.5. The van der Waals surface area contributed by atoms with Crippen LogP contribution in [0.15, 0.2) is 53.5 Å². The summed E-state index contributed by atoms with van der Waals surface area (Å²) >= 11 is 0. The summed E-state index contributed by atoms with van der Waals surface area (Å²) in [6.07, 6.45) is 3.44. The van der Waals surface area contributed by atoms with Crippen LogP contribution in [0.3, 0.4) is 0 Å². The molecule has 1 saturated heterocycles. The summed E-state index contributed by atoms with van der Waals surface area (Å²) in [4.78, 5) is 26.0. The van der Waals surface area contributed by atoms with Crippen molar-refractivity contribution in [2.24, 2.45) is 13.0 Å². The van der Waals surface area contributed by atoms with Gasteiger partial charge in [0.05, 0.1) is 6.10 Å². The van der Waals surface area contributed by atoms with E-state index in [2.05, 4.69) is 0 Å². The number of hydrogen-bond acceptors (Lipinski definition) is 3. The van der Waals surface area contributed by atoms with Gasteiger partial charge in [-0.05, 0) is 36.8 Å². The lowest BCUT2D eigenvalue weighted by Crippen LogP contribution is -2.42. The number of piperidine rings is 1. The molecule has 1 amide bonds. The molecule has 0 aliphatic carbocycles. The first kappa shape index (κ1) is 17.4. The number of likely N-dealkylation sites (tertiary alicyclic amines) is 1. The van der Waals surface area contributed by atoms with Gasteiger partial charge in [0, 0.05) is 38.0 Å². The highest BCUT2D eigenvalue weighted by Crippen LogP contribution is 2.24. The van der Waals surface area contributed by atoms with Crippen LogP contribution in [0, 0.1) is 5.92 Å². The SMILES string of the molecule is Cn1ccc(C(=O)N2CCC([C@H](O)Cc3ccccc3)CC2)cc1=O. The minimum absolute atomic E-state index is 0.103. The van der Waals surface area contributed by atoms with Crippen molar-refractivity contribution in [1.29, 1.82) is 0 Å². The van der Waals surface area contributed by atoms with Gasteiger partial charge in [0.2, 0.25) is 0 Å². The van der Waals surface area contributed by atoms with E-state index in [0.29, 0.717) is 25.1 Å². The van der Waals surface area contributed by atoms with Crippen LogP contribution in [0.4, 0.5) is 0 Å². The van der Waals surface area contributed by atoms with Crippen LogP contribution in [0.2, 0.25) is 0 Å². The average molecular weight is 340 g/mol. The van der Waals surface area contributed by atoms with Crippen molar-refractivity contribution in [1.82, 2.24) is 9.47 Å². The van der Waals surface area contributed by atoms with Gasteiger partial charge >= 0.3 is 0 Å². The van der Waals surface area contributed by atoms with E-state index in [1.54, 1.807) is 24.2 Å². The standard InChI is InChI=1S/C20H24N2O3/c1-21-10-7-17(14-19(21)24)20(25)22-11-8-16(9-12-22)18(23)13-15-5-3-2-4-6-15/h2-7,10,14,16,18,23H,8-9,11-13H2,1H3/t18-/m1/s1. The van der Waals surface area contributed by atoms with E-state index in [1.165, 1.54) is 10.6 Å². The highest BCUT2D eigenvalue weighted by atomic mass is 16.3. The molecule has 25 heavy (non-hydrogen) atoms. The number of hydrogen-bond donors (Lipinski definition) is 1. The number of benzene rings is 1. The second-order valence-corrected chi connectivity index (χ2v) is 6.75. The number of aliphatic hydroxyl groups is 1. The van der Waals surface area contributed by atoms with Crippen molar-refractivity contribution in [2.75, 3.05) is 13.1 Å². The fourth-order valence-corrected chi connectivity index (χ4v) is 3.37. The minimum Gasteiger partial charge on any atom is -0.392 e. The molecule has 5 heteroatoms. The molecular weight excluding hydrogens is 316 g/mol. The van der Waals surface area contributed by atoms with Gasteiger partial charge in [-0.2, -0.15) is 0 Å². The highest BCUT2D eigenvalue weighted by Gasteiger charge is 2.28. The zero-order chi connectivity index (χ0) is 17.8. The molecule has 1 atom stereocenters. The van der Waals surface area contributed by atoms with Gasteiger partial charge in [0.1, 0.15) is 0 Å². The van der Waals surface area contributed by atoms with Crippen LogP contribution in [-0.4, -0.2) is 39.7 Å². The summed E-state index contributed by atoms with van der Waals surface area (Å²) in [6, 6.07) is 13.0. The van der Waals surface area contributed by atoms with Crippen molar-refractivity contribution in [3.8, 4) is 0 Å². The lowest BCUT2D eigenvalue weighted by Gasteiger charge is -2.34. The molecule has 1 N–H and O–H groups in total. The Bertz CT molecular complexity index is 777. The number of nitrogens with zero attached hydrogens (tertiary/aromatic N) is 2. The van der Waals surface area contributed by atoms with Gasteiger partial charge in [-0.1, -0.05) is 30.3 Å². The molecule has 0 unspecified atom stereocenters. The number of pyridine rings is 1. The molecule has 132 valence electrons. The highest BCUT2D eigenvalue weighted by molar-refractivity contribution is 5.94. The van der Waals surface area contributed by atoms with Crippen molar-refractivity contribution < 1.29 is 9.90 Å². The molecule has 1 fully saturated rings. The summed E-state index contributed by atoms with van der Waals surface area (Å²) in [5.74, 6) is 0.0987. The Balaban J connectivity index is 1.56. The van der Waals surface area contributed by atoms with E-state index in [9.17, 15) is 14.7 Å². The smallest absolute Gasteiger partial charge is 0.254 e. The van der Waals surface area contributed by atoms with Gasteiger partial charge in [-0.15, -0.1) is 0 Å². The maximum atomic E-state index is 12.5. The third kappa shape index (κ3) is 4.17. The number of carbonyl (C=O) groups is 1. The topological polar surface area (TPSA) is 62.5 Å². The Morgan fingerprint density at radius 3 is 2.52 bits per heavy atom. The molecule has 5 nitrogen and oxygen atoms in total. The Hall–Kier alpha value is -2.40. The Labute approximate surface area is 147 Å². The number of carbonyl (C=O) groups excluding carboxylic acids is 1. The Morgan fingerprint density at radius 2 is 1.88 bits per heavy atom. The number of rotatable bonds is 4. The number of aryl methyl sites for hydroxylation is 1. The third-order valence-corrected chi connectivity index (χ3v) is 5.01. The fourth-order valence-electron chi connectivity index (χ4n) is 3.37. The first-order chi connectivity index (χ1) is 12.0. The molecule has 0 bridgehead atoms. The fraction of sp³-hybridized carbons (Fsp3) is 0.400. The van der Waals surface area contributed by atoms with Gasteiger partial charge in [-0.3, -0.25) is 9.59 Å². The summed E-state index contributed by atoms with van der Waals surface area (Å²) in [6.45, 7) is 1.23. The van der Waals surface area contributed by atoms with Crippen LogP contribution in [0.1, 0.15) is 28.8 Å². The van der Waals surface area contributed by atoms with Crippen molar-refractivity contribution in [3.63, 3.8) is 0 Å². The molecular formula is C20H24N2O3. The Morgan fingerprint density at radius 1 is 1.20 bits per heavy atom. The minimum atomic E-state index is -0.385. The monoisotopic (exact) mass is 340 g/mol. The van der Waals surface area contributed by atoms with E-state index < -0.39 is 0 Å². The third-order valence-electron chi connectivity index (χ3n) is 5.01. The maximum Gasteiger partial charge on any atom is 0.254 e. The molecule has 0 saturated carbocycles. The number of amides is 1. The molecule has 0 spiro atoms. The number of aliphatic hydroxyl groups excluding tert-OH is 1. The van der Waals surface area contributed by atoms with Crippen LogP contribution < -0.4 is 5.56 Å².